The van der Waals surface area contributed by atoms with E-state index in [1.54, 1.807) is 0 Å². The van der Waals surface area contributed by atoms with Crippen molar-refractivity contribution in [2.45, 2.75) is 12.4 Å². The van der Waals surface area contributed by atoms with Gasteiger partial charge in [-0.2, -0.15) is 26.3 Å². The average molecular weight is 400 g/mol. The van der Waals surface area contributed by atoms with Crippen LogP contribution in [0.3, 0.4) is 0 Å². The van der Waals surface area contributed by atoms with Gasteiger partial charge in [0.25, 0.3) is 0 Å². The first kappa shape index (κ1) is 21.5. The lowest BCUT2D eigenvalue weighted by molar-refractivity contribution is -0.160. The summed E-state index contributed by atoms with van der Waals surface area (Å²) in [4.78, 5) is 0. The van der Waals surface area contributed by atoms with Crippen molar-refractivity contribution >= 4 is 36.2 Å². The van der Waals surface area contributed by atoms with Gasteiger partial charge in [0.2, 0.25) is 0 Å². The first-order valence-corrected chi connectivity index (χ1v) is 7.10. The van der Waals surface area contributed by atoms with Crippen LogP contribution in [0.1, 0.15) is 11.1 Å². The molecule has 0 atom stereocenters. The van der Waals surface area contributed by atoms with E-state index in [-0.39, 0.29) is 0 Å². The molecule has 0 aliphatic heterocycles. The summed E-state index contributed by atoms with van der Waals surface area (Å²) in [5, 5.41) is 6.64. The Morgan fingerprint density at radius 3 is 1.19 bits per heavy atom. The Balaban J connectivity index is 3.16. The number of rotatable bonds is 6. The molecular weight excluding hydrogens is 388 g/mol. The fourth-order valence-corrected chi connectivity index (χ4v) is 2.76. The van der Waals surface area contributed by atoms with Crippen molar-refractivity contribution in [3.63, 3.8) is 0 Å². The molecule has 0 saturated heterocycles. The number of benzene rings is 1. The molecule has 2 aromatic rings. The summed E-state index contributed by atoms with van der Waals surface area (Å²) >= 11 is 0. The van der Waals surface area contributed by atoms with E-state index in [0.717, 1.165) is 28.4 Å². The Kier molecular flexibility index (Phi) is 6.09. The van der Waals surface area contributed by atoms with Crippen molar-refractivity contribution in [1.29, 1.82) is 0 Å². The van der Waals surface area contributed by atoms with Crippen molar-refractivity contribution in [3.8, 4) is 0 Å². The molecule has 0 fully saturated rings. The van der Waals surface area contributed by atoms with Gasteiger partial charge in [0.05, 0.1) is 11.1 Å². The first-order chi connectivity index (χ1) is 12.5. The molecule has 0 radical (unpaired) electrons. The van der Waals surface area contributed by atoms with E-state index in [0.29, 0.717) is 0 Å². The van der Waals surface area contributed by atoms with Crippen LogP contribution in [0.15, 0.2) is 4.63 Å². The summed E-state index contributed by atoms with van der Waals surface area (Å²) in [6, 6.07) is 0. The minimum absolute atomic E-state index is 0.627. The maximum absolute atomic E-state index is 13.8. The quantitative estimate of drug-likeness (QED) is 0.534. The molecule has 0 N–H and O–H groups in total. The van der Waals surface area contributed by atoms with Gasteiger partial charge in [-0.25, -0.2) is 4.63 Å². The molecule has 0 amide bonds. The van der Waals surface area contributed by atoms with Gasteiger partial charge in [0.15, 0.2) is 0 Å². The molecule has 0 aliphatic rings. The van der Waals surface area contributed by atoms with Crippen LogP contribution in [0.4, 0.5) is 26.3 Å². The van der Waals surface area contributed by atoms with Gasteiger partial charge in [0, 0.05) is 39.4 Å². The summed E-state index contributed by atoms with van der Waals surface area (Å²) in [7, 11) is 0.192. The van der Waals surface area contributed by atoms with Crippen LogP contribution >= 0.6 is 0 Å². The molecular formula is C12H12B2F6N2O5. The zero-order valence-corrected chi connectivity index (χ0v) is 14.4. The summed E-state index contributed by atoms with van der Waals surface area (Å²) in [5.41, 5.74) is -7.41. The highest BCUT2D eigenvalue weighted by molar-refractivity contribution is 6.68. The van der Waals surface area contributed by atoms with Crippen LogP contribution in [0, 0.1) is 0 Å². The molecule has 0 spiro atoms. The fourth-order valence-electron chi connectivity index (χ4n) is 2.76. The monoisotopic (exact) mass is 400 g/mol. The van der Waals surface area contributed by atoms with Gasteiger partial charge in [0.1, 0.15) is 11.0 Å². The summed E-state index contributed by atoms with van der Waals surface area (Å²) < 4.78 is 106. The zero-order chi connectivity index (χ0) is 20.6. The van der Waals surface area contributed by atoms with Gasteiger partial charge >= 0.3 is 26.6 Å². The van der Waals surface area contributed by atoms with Crippen LogP contribution in [0.2, 0.25) is 0 Å². The minimum atomic E-state index is -5.45. The summed E-state index contributed by atoms with van der Waals surface area (Å²) in [5.74, 6) is 0. The lowest BCUT2D eigenvalue weighted by Gasteiger charge is -2.24. The molecule has 7 nitrogen and oxygen atoms in total. The van der Waals surface area contributed by atoms with Crippen molar-refractivity contribution in [2.75, 3.05) is 28.4 Å². The normalized spacial score (nSPS) is 12.7. The highest BCUT2D eigenvalue weighted by Crippen LogP contribution is 2.40. The average Bonchev–Trinajstić information content (AvgIpc) is 3.05. The molecule has 0 unspecified atom stereocenters. The topological polar surface area (TPSA) is 75.8 Å². The standard InChI is InChI=1S/C12H12B2F6N2O5/c1-23-13(24-2)7-5(11(15,16)17)6(12(18,19)20)8(14(25-3)26-4)10-9(7)21-27-22-10/h1-4H3. The van der Waals surface area contributed by atoms with Crippen molar-refractivity contribution in [1.82, 2.24) is 10.3 Å². The van der Waals surface area contributed by atoms with E-state index >= 15 is 0 Å². The highest BCUT2D eigenvalue weighted by atomic mass is 19.4. The molecule has 1 aromatic carbocycles. The molecule has 1 heterocycles. The number of halogens is 6. The number of hydrogen-bond donors (Lipinski definition) is 0. The largest absolute Gasteiger partial charge is 0.496 e. The number of aromatic nitrogens is 2. The van der Waals surface area contributed by atoms with Crippen LogP contribution in [0.25, 0.3) is 11.0 Å². The van der Waals surface area contributed by atoms with Gasteiger partial charge < -0.3 is 18.6 Å². The molecule has 0 saturated carbocycles. The highest BCUT2D eigenvalue weighted by Gasteiger charge is 2.52. The fraction of sp³-hybridized carbons (Fsp3) is 0.500. The van der Waals surface area contributed by atoms with Crippen LogP contribution in [0.5, 0.6) is 0 Å². The van der Waals surface area contributed by atoms with E-state index in [2.05, 4.69) is 14.9 Å². The molecule has 0 bridgehead atoms. The lowest BCUT2D eigenvalue weighted by atomic mass is 9.66. The zero-order valence-electron chi connectivity index (χ0n) is 14.4. The van der Waals surface area contributed by atoms with E-state index in [1.165, 1.54) is 0 Å². The minimum Gasteiger partial charge on any atom is -0.410 e. The number of hydrogen-bond acceptors (Lipinski definition) is 7. The van der Waals surface area contributed by atoms with Crippen LogP contribution in [-0.2, 0) is 31.0 Å². The first-order valence-electron chi connectivity index (χ1n) is 7.10. The second kappa shape index (κ2) is 7.66. The third-order valence-electron chi connectivity index (χ3n) is 3.68. The van der Waals surface area contributed by atoms with Gasteiger partial charge in [-0.05, 0) is 0 Å². The Bertz CT molecular complexity index is 740. The van der Waals surface area contributed by atoms with Crippen LogP contribution < -0.4 is 10.9 Å². The van der Waals surface area contributed by atoms with E-state index < -0.39 is 59.7 Å². The number of nitrogens with zero attached hydrogens (tertiary/aromatic N) is 2. The number of fused-ring (bicyclic) bond motifs is 1. The maximum Gasteiger partial charge on any atom is 0.496 e. The SMILES string of the molecule is COB(OC)c1c(C(F)(F)F)c(C(F)(F)F)c(B(OC)OC)c2nonc12. The summed E-state index contributed by atoms with van der Waals surface area (Å²) in [6.45, 7) is 0. The Hall–Kier alpha value is -1.83. The second-order valence-electron chi connectivity index (χ2n) is 5.14. The molecule has 148 valence electrons. The predicted molar refractivity (Wildman–Crippen MR) is 80.6 cm³/mol. The van der Waals surface area contributed by atoms with Crippen molar-refractivity contribution in [3.05, 3.63) is 11.1 Å². The molecule has 2 rings (SSSR count). The Morgan fingerprint density at radius 1 is 0.667 bits per heavy atom. The summed E-state index contributed by atoms with van der Waals surface area (Å²) in [6.07, 6.45) is -10.9. The third-order valence-corrected chi connectivity index (χ3v) is 3.68. The Labute approximate surface area is 149 Å². The van der Waals surface area contributed by atoms with Crippen molar-refractivity contribution in [2.24, 2.45) is 0 Å². The van der Waals surface area contributed by atoms with Crippen LogP contribution in [-0.4, -0.2) is 53.0 Å². The molecule has 0 aliphatic carbocycles. The molecule has 1 aromatic heterocycles. The van der Waals surface area contributed by atoms with Gasteiger partial charge in [-0.15, -0.1) is 0 Å². The van der Waals surface area contributed by atoms with E-state index in [4.69, 9.17) is 18.6 Å². The predicted octanol–water partition coefficient (Wildman–Crippen LogP) is 1.24. The smallest absolute Gasteiger partial charge is 0.410 e. The second-order valence-corrected chi connectivity index (χ2v) is 5.14. The lowest BCUT2D eigenvalue weighted by Crippen LogP contribution is -2.48. The molecule has 15 heteroatoms. The maximum atomic E-state index is 13.8. The van der Waals surface area contributed by atoms with E-state index in [9.17, 15) is 26.3 Å². The third kappa shape index (κ3) is 3.77. The van der Waals surface area contributed by atoms with Crippen molar-refractivity contribution < 1.29 is 49.6 Å². The van der Waals surface area contributed by atoms with Gasteiger partial charge in [-0.3, -0.25) is 0 Å². The molecule has 27 heavy (non-hydrogen) atoms. The number of alkyl halides is 6. The van der Waals surface area contributed by atoms with E-state index in [1.807, 2.05) is 0 Å². The van der Waals surface area contributed by atoms with Gasteiger partial charge in [-0.1, -0.05) is 10.3 Å². The Morgan fingerprint density at radius 2 is 0.963 bits per heavy atom.